The molecule has 0 aromatic carbocycles. The van der Waals surface area contributed by atoms with Crippen molar-refractivity contribution < 1.29 is 17.9 Å². The van der Waals surface area contributed by atoms with Gasteiger partial charge in [-0.3, -0.25) is 0 Å². The van der Waals surface area contributed by atoms with Crippen LogP contribution in [0.15, 0.2) is 6.07 Å². The first-order chi connectivity index (χ1) is 7.33. The third-order valence-electron chi connectivity index (χ3n) is 1.61. The number of hydrogen-bond donors (Lipinski definition) is 2. The summed E-state index contributed by atoms with van der Waals surface area (Å²) in [6.45, 7) is 0. The van der Waals surface area contributed by atoms with Gasteiger partial charge in [0.25, 0.3) is 0 Å². The largest absolute Gasteiger partial charge is 0.574 e. The van der Waals surface area contributed by atoms with E-state index < -0.39 is 12.2 Å². The van der Waals surface area contributed by atoms with E-state index in [1.165, 1.54) is 6.07 Å². The number of ether oxygens (including phenoxy) is 1. The molecule has 4 N–H and O–H groups in total. The Balaban J connectivity index is 3.15. The van der Waals surface area contributed by atoms with E-state index in [4.69, 9.17) is 16.7 Å². The van der Waals surface area contributed by atoms with E-state index in [2.05, 4.69) is 9.72 Å². The Morgan fingerprint density at radius 2 is 2.06 bits per heavy atom. The zero-order valence-electron chi connectivity index (χ0n) is 7.88. The van der Waals surface area contributed by atoms with Crippen LogP contribution in [0.1, 0.15) is 5.56 Å². The zero-order chi connectivity index (χ0) is 12.3. The first-order valence-electron chi connectivity index (χ1n) is 4.01. The van der Waals surface area contributed by atoms with Crippen LogP contribution >= 0.6 is 0 Å². The number of anilines is 2. The van der Waals surface area contributed by atoms with Crippen molar-refractivity contribution in [1.29, 1.82) is 5.26 Å². The molecule has 1 aromatic heterocycles. The first kappa shape index (κ1) is 11.9. The molecule has 0 saturated carbocycles. The number of nitriles is 1. The monoisotopic (exact) mass is 232 g/mol. The van der Waals surface area contributed by atoms with Crippen LogP contribution in [0.25, 0.3) is 0 Å². The van der Waals surface area contributed by atoms with Crippen molar-refractivity contribution in [1.82, 2.24) is 4.98 Å². The summed E-state index contributed by atoms with van der Waals surface area (Å²) in [4.78, 5) is 3.30. The van der Waals surface area contributed by atoms with Gasteiger partial charge in [0, 0.05) is 0 Å². The van der Waals surface area contributed by atoms with Gasteiger partial charge in [0.05, 0.1) is 18.2 Å². The van der Waals surface area contributed by atoms with Gasteiger partial charge in [-0.05, 0) is 11.6 Å². The minimum Gasteiger partial charge on any atom is -0.394 e. The second kappa shape index (κ2) is 4.14. The highest BCUT2D eigenvalue weighted by atomic mass is 19.4. The lowest BCUT2D eigenvalue weighted by molar-refractivity contribution is -0.275. The molecule has 0 aliphatic heterocycles. The van der Waals surface area contributed by atoms with E-state index in [1.807, 2.05) is 0 Å². The zero-order valence-corrected chi connectivity index (χ0v) is 7.88. The molecule has 86 valence electrons. The average Bonchev–Trinajstić information content (AvgIpc) is 2.11. The molecule has 0 aliphatic carbocycles. The van der Waals surface area contributed by atoms with Crippen LogP contribution in [0.5, 0.6) is 5.88 Å². The van der Waals surface area contributed by atoms with E-state index in [1.54, 1.807) is 6.07 Å². The summed E-state index contributed by atoms with van der Waals surface area (Å²) in [6, 6.07) is 2.97. The highest BCUT2D eigenvalue weighted by molar-refractivity contribution is 5.59. The van der Waals surface area contributed by atoms with Crippen LogP contribution in [-0.4, -0.2) is 11.3 Å². The maximum Gasteiger partial charge on any atom is 0.574 e. The summed E-state index contributed by atoms with van der Waals surface area (Å²) < 4.78 is 39.4. The fourth-order valence-electron chi connectivity index (χ4n) is 1.02. The molecule has 5 nitrogen and oxygen atoms in total. The standard InChI is InChI=1S/C8H7F3N4O/c9-8(10,11)16-7-6(14)4(1-2-12)3-5(13)15-7/h3H,1,14H2,(H2,13,15). The fraction of sp³-hybridized carbons (Fsp3) is 0.250. The van der Waals surface area contributed by atoms with Crippen LogP contribution in [0.2, 0.25) is 0 Å². The summed E-state index contributed by atoms with van der Waals surface area (Å²) in [5.74, 6) is -1.03. The van der Waals surface area contributed by atoms with Gasteiger partial charge < -0.3 is 16.2 Å². The van der Waals surface area contributed by atoms with Gasteiger partial charge >= 0.3 is 6.36 Å². The maximum atomic E-state index is 11.9. The fourth-order valence-corrected chi connectivity index (χ4v) is 1.02. The Kier molecular flexibility index (Phi) is 3.08. The Labute approximate surface area is 88.4 Å². The van der Waals surface area contributed by atoms with Gasteiger partial charge in [-0.2, -0.15) is 10.2 Å². The lowest BCUT2D eigenvalue weighted by atomic mass is 10.1. The van der Waals surface area contributed by atoms with Gasteiger partial charge in [0.1, 0.15) is 5.82 Å². The van der Waals surface area contributed by atoms with Gasteiger partial charge in [-0.25, -0.2) is 0 Å². The van der Waals surface area contributed by atoms with Crippen molar-refractivity contribution in [3.8, 4) is 11.9 Å². The molecule has 0 unspecified atom stereocenters. The molecule has 0 bridgehead atoms. The Hall–Kier alpha value is -2.17. The van der Waals surface area contributed by atoms with Crippen LogP contribution in [-0.2, 0) is 6.42 Å². The third-order valence-corrected chi connectivity index (χ3v) is 1.61. The van der Waals surface area contributed by atoms with Crippen LogP contribution in [0.3, 0.4) is 0 Å². The molecule has 1 heterocycles. The van der Waals surface area contributed by atoms with Crippen LogP contribution in [0.4, 0.5) is 24.7 Å². The Bertz CT molecular complexity index is 438. The Morgan fingerprint density at radius 1 is 1.44 bits per heavy atom. The summed E-state index contributed by atoms with van der Waals surface area (Å²) >= 11 is 0. The second-order valence-corrected chi connectivity index (χ2v) is 2.81. The number of nitrogens with two attached hydrogens (primary N) is 2. The Morgan fingerprint density at radius 3 is 2.56 bits per heavy atom. The molecule has 0 atom stereocenters. The molecule has 16 heavy (non-hydrogen) atoms. The van der Waals surface area contributed by atoms with Gasteiger partial charge in [-0.15, -0.1) is 13.2 Å². The molecule has 0 saturated heterocycles. The molecule has 1 aromatic rings. The summed E-state index contributed by atoms with van der Waals surface area (Å²) in [5.41, 5.74) is 10.4. The van der Waals surface area contributed by atoms with Gasteiger partial charge in [0.15, 0.2) is 0 Å². The number of alkyl halides is 3. The van der Waals surface area contributed by atoms with E-state index in [-0.39, 0.29) is 23.5 Å². The maximum absolute atomic E-state index is 11.9. The number of nitrogen functional groups attached to an aromatic ring is 2. The molecule has 0 fully saturated rings. The molecule has 0 spiro atoms. The number of pyridine rings is 1. The number of rotatable bonds is 2. The molecular weight excluding hydrogens is 225 g/mol. The summed E-state index contributed by atoms with van der Waals surface area (Å²) in [7, 11) is 0. The van der Waals surface area contributed by atoms with Crippen molar-refractivity contribution in [3.63, 3.8) is 0 Å². The number of hydrogen-bond acceptors (Lipinski definition) is 5. The molecule has 1 rings (SSSR count). The number of nitrogens with zero attached hydrogens (tertiary/aromatic N) is 2. The predicted octanol–water partition coefficient (Wildman–Crippen LogP) is 1.21. The number of aromatic nitrogens is 1. The van der Waals surface area contributed by atoms with Crippen molar-refractivity contribution in [2.24, 2.45) is 0 Å². The van der Waals surface area contributed by atoms with E-state index >= 15 is 0 Å². The third kappa shape index (κ3) is 2.91. The van der Waals surface area contributed by atoms with E-state index in [9.17, 15) is 13.2 Å². The predicted molar refractivity (Wildman–Crippen MR) is 49.1 cm³/mol. The lowest BCUT2D eigenvalue weighted by Crippen LogP contribution is -2.19. The van der Waals surface area contributed by atoms with Crippen LogP contribution in [0, 0.1) is 11.3 Å². The van der Waals surface area contributed by atoms with Gasteiger partial charge in [-0.1, -0.05) is 0 Å². The first-order valence-corrected chi connectivity index (χ1v) is 4.01. The molecular formula is C8H7F3N4O. The van der Waals surface area contributed by atoms with Crippen molar-refractivity contribution in [3.05, 3.63) is 11.6 Å². The lowest BCUT2D eigenvalue weighted by Gasteiger charge is -2.12. The smallest absolute Gasteiger partial charge is 0.394 e. The topological polar surface area (TPSA) is 98.0 Å². The summed E-state index contributed by atoms with van der Waals surface area (Å²) in [6.07, 6.45) is -5.08. The molecule has 0 radical (unpaired) electrons. The average molecular weight is 232 g/mol. The van der Waals surface area contributed by atoms with E-state index in [0.29, 0.717) is 0 Å². The highest BCUT2D eigenvalue weighted by Crippen LogP contribution is 2.30. The molecule has 8 heteroatoms. The number of halogens is 3. The van der Waals surface area contributed by atoms with Crippen molar-refractivity contribution in [2.75, 3.05) is 11.5 Å². The minimum atomic E-state index is -4.90. The molecule has 0 amide bonds. The van der Waals surface area contributed by atoms with E-state index in [0.717, 1.165) is 0 Å². The van der Waals surface area contributed by atoms with Crippen LogP contribution < -0.4 is 16.2 Å². The van der Waals surface area contributed by atoms with Crippen molar-refractivity contribution >= 4 is 11.5 Å². The van der Waals surface area contributed by atoms with Gasteiger partial charge in [0.2, 0.25) is 5.88 Å². The minimum absolute atomic E-state index is 0.147. The second-order valence-electron chi connectivity index (χ2n) is 2.81. The highest BCUT2D eigenvalue weighted by Gasteiger charge is 2.33. The van der Waals surface area contributed by atoms with Crippen molar-refractivity contribution in [2.45, 2.75) is 12.8 Å². The summed E-state index contributed by atoms with van der Waals surface area (Å²) in [5, 5.41) is 8.43. The quantitative estimate of drug-likeness (QED) is 0.798. The normalized spacial score (nSPS) is 10.9. The molecule has 0 aliphatic rings. The SMILES string of the molecule is N#CCc1cc(N)nc(OC(F)(F)F)c1N.